The monoisotopic (exact) mass is 274 g/mol. The van der Waals surface area contributed by atoms with E-state index < -0.39 is 11.6 Å². The second kappa shape index (κ2) is 6.53. The summed E-state index contributed by atoms with van der Waals surface area (Å²) in [5.41, 5.74) is 0.638. The van der Waals surface area contributed by atoms with Crippen molar-refractivity contribution in [2.75, 3.05) is 11.9 Å². The third kappa shape index (κ3) is 3.45. The molecule has 0 saturated heterocycles. The van der Waals surface area contributed by atoms with Crippen molar-refractivity contribution < 1.29 is 13.5 Å². The molecule has 102 valence electrons. The number of ether oxygens (including phenoxy) is 1. The molecule has 0 unspecified atom stereocenters. The summed E-state index contributed by atoms with van der Waals surface area (Å²) in [6.07, 6.45) is 0. The van der Waals surface area contributed by atoms with Crippen molar-refractivity contribution in [1.82, 2.24) is 0 Å². The molecule has 0 radical (unpaired) electrons. The lowest BCUT2D eigenvalue weighted by Gasteiger charge is -2.09. The second-order valence-electron chi connectivity index (χ2n) is 4.03. The lowest BCUT2D eigenvalue weighted by molar-refractivity contribution is 0.368. The summed E-state index contributed by atoms with van der Waals surface area (Å²) < 4.78 is 32.1. The lowest BCUT2D eigenvalue weighted by Crippen LogP contribution is -2.04. The summed E-state index contributed by atoms with van der Waals surface area (Å²) >= 11 is 0. The Kier molecular flexibility index (Phi) is 4.51. The van der Waals surface area contributed by atoms with Gasteiger partial charge in [-0.2, -0.15) is 5.26 Å². The van der Waals surface area contributed by atoms with Gasteiger partial charge < -0.3 is 10.1 Å². The van der Waals surface area contributed by atoms with Gasteiger partial charge in [0.05, 0.1) is 0 Å². The average molecular weight is 274 g/mol. The molecule has 0 bridgehead atoms. The first-order valence-corrected chi connectivity index (χ1v) is 5.97. The Morgan fingerprint density at radius 3 is 2.50 bits per heavy atom. The molecule has 0 spiro atoms. The zero-order valence-corrected chi connectivity index (χ0v) is 10.6. The van der Waals surface area contributed by atoms with Gasteiger partial charge in [-0.25, -0.2) is 8.78 Å². The minimum absolute atomic E-state index is 0.0177. The van der Waals surface area contributed by atoms with Crippen molar-refractivity contribution in [3.05, 3.63) is 59.7 Å². The topological polar surface area (TPSA) is 45.0 Å². The third-order valence-electron chi connectivity index (χ3n) is 2.67. The Hall–Kier alpha value is -2.61. The van der Waals surface area contributed by atoms with E-state index in [2.05, 4.69) is 5.32 Å². The van der Waals surface area contributed by atoms with Crippen molar-refractivity contribution in [3.8, 4) is 11.8 Å². The van der Waals surface area contributed by atoms with Crippen LogP contribution in [0, 0.1) is 23.0 Å². The second-order valence-corrected chi connectivity index (χ2v) is 4.03. The Labute approximate surface area is 115 Å². The van der Waals surface area contributed by atoms with Crippen molar-refractivity contribution in [2.45, 2.75) is 6.54 Å². The highest BCUT2D eigenvalue weighted by Crippen LogP contribution is 2.19. The minimum atomic E-state index is -0.589. The number of anilines is 1. The van der Waals surface area contributed by atoms with Gasteiger partial charge in [0, 0.05) is 23.9 Å². The molecule has 0 aliphatic rings. The van der Waals surface area contributed by atoms with E-state index in [0.717, 1.165) is 0 Å². The first kappa shape index (κ1) is 13.8. The summed E-state index contributed by atoms with van der Waals surface area (Å²) in [7, 11) is 0. The molecule has 2 aromatic carbocycles. The number of nitrogens with one attached hydrogen (secondary N) is 1. The zero-order valence-electron chi connectivity index (χ0n) is 10.6. The molecule has 0 saturated carbocycles. The summed E-state index contributed by atoms with van der Waals surface area (Å²) in [4.78, 5) is 0. The van der Waals surface area contributed by atoms with Crippen LogP contribution in [-0.2, 0) is 6.54 Å². The van der Waals surface area contributed by atoms with E-state index in [-0.39, 0.29) is 18.7 Å². The fourth-order valence-corrected chi connectivity index (χ4v) is 1.70. The van der Waals surface area contributed by atoms with E-state index in [0.29, 0.717) is 11.4 Å². The van der Waals surface area contributed by atoms with Crippen LogP contribution in [0.15, 0.2) is 42.5 Å². The molecule has 0 aromatic heterocycles. The maximum Gasteiger partial charge on any atom is 0.174 e. The average Bonchev–Trinajstić information content (AvgIpc) is 2.45. The van der Waals surface area contributed by atoms with Gasteiger partial charge in [0.15, 0.2) is 6.61 Å². The Morgan fingerprint density at radius 1 is 1.10 bits per heavy atom. The molecule has 5 heteroatoms. The summed E-state index contributed by atoms with van der Waals surface area (Å²) in [5.74, 6) is -0.658. The maximum absolute atomic E-state index is 13.5. The van der Waals surface area contributed by atoms with Crippen molar-refractivity contribution in [2.24, 2.45) is 0 Å². The molecular formula is C15H12F2N2O. The SMILES string of the molecule is N#CCOc1cccc(NCc2c(F)cccc2F)c1. The zero-order chi connectivity index (χ0) is 14.4. The van der Waals surface area contributed by atoms with Crippen molar-refractivity contribution in [3.63, 3.8) is 0 Å². The van der Waals surface area contributed by atoms with Crippen LogP contribution in [0.5, 0.6) is 5.75 Å². The smallest absolute Gasteiger partial charge is 0.174 e. The van der Waals surface area contributed by atoms with Gasteiger partial charge in [0.25, 0.3) is 0 Å². The number of halogens is 2. The molecule has 0 heterocycles. The van der Waals surface area contributed by atoms with Crippen LogP contribution < -0.4 is 10.1 Å². The lowest BCUT2D eigenvalue weighted by atomic mass is 10.2. The van der Waals surface area contributed by atoms with E-state index in [1.807, 2.05) is 6.07 Å². The molecule has 1 N–H and O–H groups in total. The molecule has 0 aliphatic heterocycles. The van der Waals surface area contributed by atoms with Crippen LogP contribution in [0.2, 0.25) is 0 Å². The molecular weight excluding hydrogens is 262 g/mol. The van der Waals surface area contributed by atoms with E-state index in [4.69, 9.17) is 10.00 Å². The molecule has 0 atom stereocenters. The van der Waals surface area contributed by atoms with Crippen LogP contribution >= 0.6 is 0 Å². The molecule has 0 amide bonds. The molecule has 3 nitrogen and oxygen atoms in total. The number of nitrogens with zero attached hydrogens (tertiary/aromatic N) is 1. The quantitative estimate of drug-likeness (QED) is 0.907. The summed E-state index contributed by atoms with van der Waals surface area (Å²) in [5, 5.41) is 11.4. The predicted octanol–water partition coefficient (Wildman–Crippen LogP) is 3.48. The van der Waals surface area contributed by atoms with Gasteiger partial charge in [-0.15, -0.1) is 0 Å². The molecule has 2 rings (SSSR count). The van der Waals surface area contributed by atoms with Crippen LogP contribution in [0.3, 0.4) is 0 Å². The number of rotatable bonds is 5. The molecule has 20 heavy (non-hydrogen) atoms. The van der Waals surface area contributed by atoms with E-state index in [1.54, 1.807) is 24.3 Å². The summed E-state index contributed by atoms with van der Waals surface area (Å²) in [6.45, 7) is -0.0222. The van der Waals surface area contributed by atoms with E-state index in [9.17, 15) is 8.78 Å². The van der Waals surface area contributed by atoms with Gasteiger partial charge in [0.1, 0.15) is 23.5 Å². The third-order valence-corrected chi connectivity index (χ3v) is 2.67. The van der Waals surface area contributed by atoms with Gasteiger partial charge >= 0.3 is 0 Å². The minimum Gasteiger partial charge on any atom is -0.479 e. The van der Waals surface area contributed by atoms with Crippen LogP contribution in [0.25, 0.3) is 0 Å². The van der Waals surface area contributed by atoms with Gasteiger partial charge in [-0.3, -0.25) is 0 Å². The van der Waals surface area contributed by atoms with Crippen LogP contribution in [-0.4, -0.2) is 6.61 Å². The largest absolute Gasteiger partial charge is 0.479 e. The molecule has 2 aromatic rings. The standard InChI is InChI=1S/C15H12F2N2O/c16-14-5-2-6-15(17)13(14)10-19-11-3-1-4-12(9-11)20-8-7-18/h1-6,9,19H,8,10H2. The van der Waals surface area contributed by atoms with Crippen LogP contribution in [0.4, 0.5) is 14.5 Å². The van der Waals surface area contributed by atoms with E-state index in [1.165, 1.54) is 18.2 Å². The number of hydrogen-bond acceptors (Lipinski definition) is 3. The fraction of sp³-hybridized carbons (Fsp3) is 0.133. The Bertz CT molecular complexity index is 618. The number of nitriles is 1. The highest BCUT2D eigenvalue weighted by atomic mass is 19.1. The molecule has 0 fully saturated rings. The van der Waals surface area contributed by atoms with Crippen LogP contribution in [0.1, 0.15) is 5.56 Å². The van der Waals surface area contributed by atoms with E-state index >= 15 is 0 Å². The Balaban J connectivity index is 2.06. The fourth-order valence-electron chi connectivity index (χ4n) is 1.70. The normalized spacial score (nSPS) is 9.85. The highest BCUT2D eigenvalue weighted by molar-refractivity contribution is 5.48. The van der Waals surface area contributed by atoms with Gasteiger partial charge in [-0.1, -0.05) is 12.1 Å². The summed E-state index contributed by atoms with van der Waals surface area (Å²) in [6, 6.07) is 12.5. The number of hydrogen-bond donors (Lipinski definition) is 1. The molecule has 0 aliphatic carbocycles. The first-order valence-electron chi connectivity index (χ1n) is 5.97. The first-order chi connectivity index (χ1) is 9.70. The predicted molar refractivity (Wildman–Crippen MR) is 71.2 cm³/mol. The van der Waals surface area contributed by atoms with Gasteiger partial charge in [-0.05, 0) is 24.3 Å². The highest BCUT2D eigenvalue weighted by Gasteiger charge is 2.07. The number of benzene rings is 2. The van der Waals surface area contributed by atoms with Crippen molar-refractivity contribution >= 4 is 5.69 Å². The Morgan fingerprint density at radius 2 is 1.80 bits per heavy atom. The van der Waals surface area contributed by atoms with Crippen molar-refractivity contribution in [1.29, 1.82) is 5.26 Å². The van der Waals surface area contributed by atoms with Gasteiger partial charge in [0.2, 0.25) is 0 Å². The maximum atomic E-state index is 13.5.